The highest BCUT2D eigenvalue weighted by atomic mass is 32.2. The molecular formula is C10H21N3OS. The molecule has 0 amide bonds. The van der Waals surface area contributed by atoms with Crippen molar-refractivity contribution in [3.63, 3.8) is 0 Å². The van der Waals surface area contributed by atoms with Crippen molar-refractivity contribution < 1.29 is 5.21 Å². The lowest BCUT2D eigenvalue weighted by Crippen LogP contribution is -2.46. The maximum absolute atomic E-state index is 8.45. The van der Waals surface area contributed by atoms with E-state index in [0.717, 1.165) is 6.54 Å². The third kappa shape index (κ3) is 3.57. The van der Waals surface area contributed by atoms with E-state index >= 15 is 0 Å². The topological polar surface area (TPSA) is 70.6 Å². The van der Waals surface area contributed by atoms with Gasteiger partial charge in [-0.15, -0.1) is 0 Å². The number of thioether (sulfide) groups is 1. The number of nitrogens with zero attached hydrogens (tertiary/aromatic N) is 1. The maximum Gasteiger partial charge on any atom is 0.140 e. The minimum Gasteiger partial charge on any atom is -0.409 e. The lowest BCUT2D eigenvalue weighted by molar-refractivity contribution is 0.313. The third-order valence-electron chi connectivity index (χ3n) is 3.11. The first-order valence-electron chi connectivity index (χ1n) is 5.37. The highest BCUT2D eigenvalue weighted by Crippen LogP contribution is 2.42. The van der Waals surface area contributed by atoms with Crippen molar-refractivity contribution in [2.75, 3.05) is 12.8 Å². The van der Waals surface area contributed by atoms with Crippen LogP contribution in [0.3, 0.4) is 0 Å². The maximum atomic E-state index is 8.45. The van der Waals surface area contributed by atoms with Gasteiger partial charge in [-0.05, 0) is 26.0 Å². The fourth-order valence-corrected chi connectivity index (χ4v) is 2.74. The number of hydrogen-bond acceptors (Lipinski definition) is 4. The molecule has 4 nitrogen and oxygen atoms in total. The van der Waals surface area contributed by atoms with Crippen LogP contribution in [0.25, 0.3) is 0 Å². The van der Waals surface area contributed by atoms with Gasteiger partial charge in [0, 0.05) is 23.8 Å². The minimum absolute atomic E-state index is 0.269. The second-order valence-electron chi connectivity index (χ2n) is 4.32. The van der Waals surface area contributed by atoms with Gasteiger partial charge in [-0.3, -0.25) is 0 Å². The van der Waals surface area contributed by atoms with Crippen LogP contribution in [0.15, 0.2) is 5.16 Å². The Bertz CT molecular complexity index is 223. The van der Waals surface area contributed by atoms with Crippen molar-refractivity contribution >= 4 is 17.6 Å². The SMILES string of the molecule is CSC1(CNC(C)CC(N)=NO)CCC1. The molecule has 1 fully saturated rings. The zero-order valence-corrected chi connectivity index (χ0v) is 10.3. The fraction of sp³-hybridized carbons (Fsp3) is 0.900. The molecule has 0 heterocycles. The van der Waals surface area contributed by atoms with Crippen molar-refractivity contribution in [3.05, 3.63) is 0 Å². The largest absolute Gasteiger partial charge is 0.409 e. The highest BCUT2D eigenvalue weighted by Gasteiger charge is 2.35. The van der Waals surface area contributed by atoms with Crippen molar-refractivity contribution in [2.45, 2.75) is 43.4 Å². The third-order valence-corrected chi connectivity index (χ3v) is 4.53. The van der Waals surface area contributed by atoms with Gasteiger partial charge in [0.1, 0.15) is 5.84 Å². The van der Waals surface area contributed by atoms with Gasteiger partial charge in [0.15, 0.2) is 0 Å². The lowest BCUT2D eigenvalue weighted by atomic mass is 9.84. The molecule has 15 heavy (non-hydrogen) atoms. The summed E-state index contributed by atoms with van der Waals surface area (Å²) in [5.74, 6) is 0.293. The summed E-state index contributed by atoms with van der Waals surface area (Å²) in [6.45, 7) is 3.08. The van der Waals surface area contributed by atoms with Gasteiger partial charge in [-0.2, -0.15) is 11.8 Å². The minimum atomic E-state index is 0.269. The Morgan fingerprint density at radius 2 is 2.33 bits per heavy atom. The lowest BCUT2D eigenvalue weighted by Gasteiger charge is -2.41. The summed E-state index contributed by atoms with van der Waals surface area (Å²) >= 11 is 1.95. The van der Waals surface area contributed by atoms with E-state index in [9.17, 15) is 0 Å². The van der Waals surface area contributed by atoms with Crippen LogP contribution in [0.2, 0.25) is 0 Å². The zero-order chi connectivity index (χ0) is 11.3. The first kappa shape index (κ1) is 12.6. The van der Waals surface area contributed by atoms with Gasteiger partial charge >= 0.3 is 0 Å². The van der Waals surface area contributed by atoms with E-state index < -0.39 is 0 Å². The van der Waals surface area contributed by atoms with Crippen molar-refractivity contribution in [2.24, 2.45) is 10.9 Å². The molecule has 0 aromatic rings. The zero-order valence-electron chi connectivity index (χ0n) is 9.49. The summed E-state index contributed by atoms with van der Waals surface area (Å²) in [7, 11) is 0. The second kappa shape index (κ2) is 5.61. The molecule has 0 saturated heterocycles. The van der Waals surface area contributed by atoms with Crippen LogP contribution >= 0.6 is 11.8 Å². The Hall–Kier alpha value is -0.420. The first-order valence-corrected chi connectivity index (χ1v) is 6.59. The smallest absolute Gasteiger partial charge is 0.140 e. The summed E-state index contributed by atoms with van der Waals surface area (Å²) in [5.41, 5.74) is 5.45. The van der Waals surface area contributed by atoms with Crippen molar-refractivity contribution in [3.8, 4) is 0 Å². The van der Waals surface area contributed by atoms with Crippen molar-refractivity contribution in [1.29, 1.82) is 0 Å². The Morgan fingerprint density at radius 1 is 1.67 bits per heavy atom. The number of nitrogens with one attached hydrogen (secondary N) is 1. The molecule has 1 unspecified atom stereocenters. The van der Waals surface area contributed by atoms with Crippen LogP contribution in [0, 0.1) is 0 Å². The molecule has 5 heteroatoms. The predicted octanol–water partition coefficient (Wildman–Crippen LogP) is 1.39. The van der Waals surface area contributed by atoms with Gasteiger partial charge in [0.25, 0.3) is 0 Å². The van der Waals surface area contributed by atoms with Gasteiger partial charge in [0.2, 0.25) is 0 Å². The molecule has 1 aliphatic carbocycles. The van der Waals surface area contributed by atoms with E-state index in [0.29, 0.717) is 17.0 Å². The van der Waals surface area contributed by atoms with Crippen LogP contribution in [0.1, 0.15) is 32.6 Å². The second-order valence-corrected chi connectivity index (χ2v) is 5.59. The standard InChI is InChI=1S/C10H21N3OS/c1-8(6-9(11)13-14)12-7-10(15-2)4-3-5-10/h8,12,14H,3-7H2,1-2H3,(H2,11,13). The number of nitrogens with two attached hydrogens (primary N) is 1. The van der Waals surface area contributed by atoms with E-state index in [1.165, 1.54) is 19.3 Å². The Balaban J connectivity index is 2.24. The molecule has 0 radical (unpaired) electrons. The average Bonchev–Trinajstić information content (AvgIpc) is 2.16. The quantitative estimate of drug-likeness (QED) is 0.279. The number of rotatable bonds is 6. The van der Waals surface area contributed by atoms with Gasteiger partial charge in [-0.1, -0.05) is 11.6 Å². The molecule has 0 aliphatic heterocycles. The first-order chi connectivity index (χ1) is 7.12. The van der Waals surface area contributed by atoms with Gasteiger partial charge in [-0.25, -0.2) is 0 Å². The number of oxime groups is 1. The van der Waals surface area contributed by atoms with Gasteiger partial charge in [0.05, 0.1) is 0 Å². The predicted molar refractivity (Wildman–Crippen MR) is 65.6 cm³/mol. The van der Waals surface area contributed by atoms with Gasteiger partial charge < -0.3 is 16.3 Å². The summed E-state index contributed by atoms with van der Waals surface area (Å²) in [6.07, 6.45) is 6.72. The molecule has 1 aliphatic rings. The Morgan fingerprint density at radius 3 is 2.73 bits per heavy atom. The van der Waals surface area contributed by atoms with E-state index in [-0.39, 0.29) is 6.04 Å². The molecule has 1 rings (SSSR count). The van der Waals surface area contributed by atoms with E-state index in [2.05, 4.69) is 23.7 Å². The van der Waals surface area contributed by atoms with E-state index in [1.54, 1.807) is 0 Å². The monoisotopic (exact) mass is 231 g/mol. The summed E-state index contributed by atoms with van der Waals surface area (Å²) in [4.78, 5) is 0. The molecular weight excluding hydrogens is 210 g/mol. The molecule has 1 saturated carbocycles. The molecule has 88 valence electrons. The highest BCUT2D eigenvalue weighted by molar-refractivity contribution is 8.00. The van der Waals surface area contributed by atoms with E-state index in [1.807, 2.05) is 11.8 Å². The summed E-state index contributed by atoms with van der Waals surface area (Å²) in [6, 6.07) is 0.269. The summed E-state index contributed by atoms with van der Waals surface area (Å²) in [5, 5.41) is 14.9. The van der Waals surface area contributed by atoms with Crippen LogP contribution in [0.4, 0.5) is 0 Å². The molecule has 1 atom stereocenters. The molecule has 0 bridgehead atoms. The van der Waals surface area contributed by atoms with Crippen LogP contribution in [-0.2, 0) is 0 Å². The average molecular weight is 231 g/mol. The van der Waals surface area contributed by atoms with Crippen LogP contribution < -0.4 is 11.1 Å². The molecule has 0 aromatic heterocycles. The summed E-state index contributed by atoms with van der Waals surface area (Å²) < 4.78 is 0.444. The fourth-order valence-electron chi connectivity index (χ4n) is 1.81. The molecule has 4 N–H and O–H groups in total. The van der Waals surface area contributed by atoms with Crippen molar-refractivity contribution in [1.82, 2.24) is 5.32 Å². The number of hydrogen-bond donors (Lipinski definition) is 3. The van der Waals surface area contributed by atoms with E-state index in [4.69, 9.17) is 10.9 Å². The van der Waals surface area contributed by atoms with Crippen LogP contribution in [0.5, 0.6) is 0 Å². The Kier molecular flexibility index (Phi) is 4.73. The normalized spacial score (nSPS) is 22.1. The number of amidine groups is 1. The van der Waals surface area contributed by atoms with Crippen LogP contribution in [-0.4, -0.2) is 34.6 Å². The molecule has 0 aromatic carbocycles. The Labute approximate surface area is 95.7 Å². The molecule has 0 spiro atoms.